The van der Waals surface area contributed by atoms with Crippen molar-refractivity contribution in [1.29, 1.82) is 0 Å². The van der Waals surface area contributed by atoms with Crippen molar-refractivity contribution >= 4 is 5.97 Å². The second-order valence-corrected chi connectivity index (χ2v) is 3.55. The number of aryl methyl sites for hydroxylation is 1. The summed E-state index contributed by atoms with van der Waals surface area (Å²) in [7, 11) is 1.34. The molecule has 0 aliphatic rings. The minimum Gasteiger partial charge on any atom is -0.478 e. The van der Waals surface area contributed by atoms with Gasteiger partial charge in [0.25, 0.3) is 0 Å². The van der Waals surface area contributed by atoms with Crippen molar-refractivity contribution in [1.82, 2.24) is 0 Å². The zero-order chi connectivity index (χ0) is 12.1. The van der Waals surface area contributed by atoms with Gasteiger partial charge < -0.3 is 15.2 Å². The van der Waals surface area contributed by atoms with Crippen LogP contribution < -0.4 is 10.5 Å². The van der Waals surface area contributed by atoms with Crippen LogP contribution in [-0.2, 0) is 16.1 Å². The highest BCUT2D eigenvalue weighted by Crippen LogP contribution is 2.24. The van der Waals surface area contributed by atoms with Gasteiger partial charge in [0, 0.05) is 12.1 Å². The molecule has 1 unspecified atom stereocenters. The number of rotatable bonds is 4. The molecule has 0 aliphatic carbocycles. The minimum atomic E-state index is -0.628. The lowest BCUT2D eigenvalue weighted by atomic mass is 10.1. The van der Waals surface area contributed by atoms with Gasteiger partial charge in [-0.1, -0.05) is 18.2 Å². The molecule has 0 fully saturated rings. The van der Waals surface area contributed by atoms with Gasteiger partial charge >= 0.3 is 5.97 Å². The molecule has 4 nitrogen and oxygen atoms in total. The summed E-state index contributed by atoms with van der Waals surface area (Å²) < 4.78 is 10.2. The largest absolute Gasteiger partial charge is 0.478 e. The van der Waals surface area contributed by atoms with Crippen molar-refractivity contribution < 1.29 is 14.3 Å². The Labute approximate surface area is 95.3 Å². The molecule has 88 valence electrons. The van der Waals surface area contributed by atoms with E-state index in [1.807, 2.05) is 25.1 Å². The Morgan fingerprint density at radius 3 is 2.75 bits per heavy atom. The van der Waals surface area contributed by atoms with Crippen LogP contribution in [0, 0.1) is 6.92 Å². The van der Waals surface area contributed by atoms with Gasteiger partial charge in [-0.3, -0.25) is 0 Å². The number of carbonyl (C=O) groups is 1. The molecule has 0 radical (unpaired) electrons. The number of esters is 1. The van der Waals surface area contributed by atoms with E-state index in [2.05, 4.69) is 4.74 Å². The zero-order valence-electron chi connectivity index (χ0n) is 9.82. The van der Waals surface area contributed by atoms with Crippen LogP contribution in [0.5, 0.6) is 5.75 Å². The molecule has 16 heavy (non-hydrogen) atoms. The fourth-order valence-electron chi connectivity index (χ4n) is 1.43. The van der Waals surface area contributed by atoms with E-state index in [1.165, 1.54) is 7.11 Å². The Hall–Kier alpha value is -1.55. The molecule has 1 aromatic rings. The Morgan fingerprint density at radius 2 is 2.19 bits per heavy atom. The van der Waals surface area contributed by atoms with E-state index in [4.69, 9.17) is 10.5 Å². The molecule has 0 aromatic heterocycles. The quantitative estimate of drug-likeness (QED) is 0.784. The maximum atomic E-state index is 11.2. The number of nitrogens with two attached hydrogens (primary N) is 1. The molecule has 0 saturated heterocycles. The van der Waals surface area contributed by atoms with Crippen molar-refractivity contribution in [3.8, 4) is 5.75 Å². The van der Waals surface area contributed by atoms with Crippen LogP contribution in [0.1, 0.15) is 18.1 Å². The monoisotopic (exact) mass is 223 g/mol. The Morgan fingerprint density at radius 1 is 1.50 bits per heavy atom. The first-order valence-electron chi connectivity index (χ1n) is 5.13. The summed E-state index contributed by atoms with van der Waals surface area (Å²) in [5.41, 5.74) is 7.45. The summed E-state index contributed by atoms with van der Waals surface area (Å²) in [6, 6.07) is 5.71. The number of para-hydroxylation sites is 1. The van der Waals surface area contributed by atoms with E-state index in [-0.39, 0.29) is 0 Å². The van der Waals surface area contributed by atoms with Crippen LogP contribution in [0.25, 0.3) is 0 Å². The molecule has 1 atom stereocenters. The summed E-state index contributed by atoms with van der Waals surface area (Å²) in [6.45, 7) is 3.95. The summed E-state index contributed by atoms with van der Waals surface area (Å²) in [5, 5.41) is 0. The molecule has 0 saturated carbocycles. The van der Waals surface area contributed by atoms with Crippen molar-refractivity contribution in [3.63, 3.8) is 0 Å². The first kappa shape index (κ1) is 12.5. The summed E-state index contributed by atoms with van der Waals surface area (Å²) in [6.07, 6.45) is -0.628. The normalized spacial score (nSPS) is 12.0. The molecular weight excluding hydrogens is 206 g/mol. The average Bonchev–Trinajstić information content (AvgIpc) is 2.30. The average molecular weight is 223 g/mol. The molecule has 0 heterocycles. The maximum Gasteiger partial charge on any atom is 0.346 e. The second kappa shape index (κ2) is 5.51. The predicted molar refractivity (Wildman–Crippen MR) is 61.2 cm³/mol. The highest BCUT2D eigenvalue weighted by Gasteiger charge is 2.17. The number of hydrogen-bond donors (Lipinski definition) is 1. The summed E-state index contributed by atoms with van der Waals surface area (Å²) in [4.78, 5) is 11.2. The Balaban J connectivity index is 2.91. The van der Waals surface area contributed by atoms with Crippen LogP contribution >= 0.6 is 0 Å². The number of carbonyl (C=O) groups excluding carboxylic acids is 1. The van der Waals surface area contributed by atoms with Crippen molar-refractivity contribution in [3.05, 3.63) is 29.3 Å². The molecular formula is C12H17NO3. The number of hydrogen-bond acceptors (Lipinski definition) is 4. The minimum absolute atomic E-state index is 0.380. The summed E-state index contributed by atoms with van der Waals surface area (Å²) >= 11 is 0. The van der Waals surface area contributed by atoms with Crippen LogP contribution in [0.15, 0.2) is 18.2 Å². The van der Waals surface area contributed by atoms with Gasteiger partial charge in [-0.25, -0.2) is 4.79 Å². The van der Waals surface area contributed by atoms with Gasteiger partial charge in [-0.2, -0.15) is 0 Å². The topological polar surface area (TPSA) is 61.5 Å². The zero-order valence-corrected chi connectivity index (χ0v) is 9.82. The molecule has 2 N–H and O–H groups in total. The number of methoxy groups -OCH3 is 1. The van der Waals surface area contributed by atoms with E-state index in [0.29, 0.717) is 12.3 Å². The van der Waals surface area contributed by atoms with Gasteiger partial charge in [0.15, 0.2) is 6.10 Å². The summed E-state index contributed by atoms with van der Waals surface area (Å²) in [5.74, 6) is 0.272. The highest BCUT2D eigenvalue weighted by molar-refractivity contribution is 5.74. The van der Waals surface area contributed by atoms with Crippen LogP contribution in [0.4, 0.5) is 0 Å². The van der Waals surface area contributed by atoms with E-state index in [9.17, 15) is 4.79 Å². The fourth-order valence-corrected chi connectivity index (χ4v) is 1.43. The van der Waals surface area contributed by atoms with Gasteiger partial charge in [-0.05, 0) is 19.4 Å². The predicted octanol–water partition coefficient (Wildman–Crippen LogP) is 1.39. The maximum absolute atomic E-state index is 11.2. The second-order valence-electron chi connectivity index (χ2n) is 3.55. The van der Waals surface area contributed by atoms with Crippen molar-refractivity contribution in [2.75, 3.05) is 7.11 Å². The first-order chi connectivity index (χ1) is 7.60. The lowest BCUT2D eigenvalue weighted by Crippen LogP contribution is -2.25. The van der Waals surface area contributed by atoms with Gasteiger partial charge in [0.1, 0.15) is 5.75 Å². The van der Waals surface area contributed by atoms with Crippen LogP contribution in [-0.4, -0.2) is 19.2 Å². The lowest BCUT2D eigenvalue weighted by Gasteiger charge is -2.17. The number of ether oxygens (including phenoxy) is 2. The molecule has 0 spiro atoms. The molecule has 1 rings (SSSR count). The Kier molecular flexibility index (Phi) is 4.31. The van der Waals surface area contributed by atoms with Gasteiger partial charge in [0.05, 0.1) is 7.11 Å². The molecule has 4 heteroatoms. The van der Waals surface area contributed by atoms with Crippen LogP contribution in [0.2, 0.25) is 0 Å². The smallest absolute Gasteiger partial charge is 0.346 e. The van der Waals surface area contributed by atoms with Crippen LogP contribution in [0.3, 0.4) is 0 Å². The molecule has 0 bridgehead atoms. The standard InChI is InChI=1S/C12H17NO3/c1-8-5-4-6-10(7-13)11(8)16-9(2)12(14)15-3/h4-6,9H,7,13H2,1-3H3. The van der Waals surface area contributed by atoms with Crippen molar-refractivity contribution in [2.24, 2.45) is 5.73 Å². The molecule has 0 aliphatic heterocycles. The van der Waals surface area contributed by atoms with Crippen molar-refractivity contribution in [2.45, 2.75) is 26.5 Å². The molecule has 1 aromatic carbocycles. The Bertz CT molecular complexity index is 377. The van der Waals surface area contributed by atoms with E-state index < -0.39 is 12.1 Å². The van der Waals surface area contributed by atoms with Gasteiger partial charge in [0.2, 0.25) is 0 Å². The third-order valence-corrected chi connectivity index (χ3v) is 2.34. The van der Waals surface area contributed by atoms with E-state index in [0.717, 1.165) is 11.1 Å². The van der Waals surface area contributed by atoms with Gasteiger partial charge in [-0.15, -0.1) is 0 Å². The molecule has 0 amide bonds. The first-order valence-corrected chi connectivity index (χ1v) is 5.13. The highest BCUT2D eigenvalue weighted by atomic mass is 16.6. The van der Waals surface area contributed by atoms with E-state index in [1.54, 1.807) is 6.92 Å². The number of benzene rings is 1. The third kappa shape index (κ3) is 2.73. The van der Waals surface area contributed by atoms with E-state index >= 15 is 0 Å². The fraction of sp³-hybridized carbons (Fsp3) is 0.417. The third-order valence-electron chi connectivity index (χ3n) is 2.34. The SMILES string of the molecule is COC(=O)C(C)Oc1c(C)cccc1CN. The lowest BCUT2D eigenvalue weighted by molar-refractivity contribution is -0.147.